The second kappa shape index (κ2) is 4.62. The van der Waals surface area contributed by atoms with E-state index in [1.807, 2.05) is 29.6 Å². The second-order valence-electron chi connectivity index (χ2n) is 3.82. The van der Waals surface area contributed by atoms with Gasteiger partial charge in [0.2, 0.25) is 5.95 Å². The van der Waals surface area contributed by atoms with Gasteiger partial charge in [-0.25, -0.2) is 9.97 Å². The number of hydrogen-bond donors (Lipinski definition) is 1. The molecule has 0 aliphatic heterocycles. The molecule has 3 aromatic rings. The van der Waals surface area contributed by atoms with E-state index >= 15 is 0 Å². The summed E-state index contributed by atoms with van der Waals surface area (Å²) >= 11 is 1.67. The Hall–Kier alpha value is -2.54. The van der Waals surface area contributed by atoms with Gasteiger partial charge in [0, 0.05) is 10.4 Å². The van der Waals surface area contributed by atoms with Gasteiger partial charge in [-0.3, -0.25) is 10.1 Å². The average Bonchev–Trinajstić information content (AvgIpc) is 2.87. The Balaban J connectivity index is 1.85. The van der Waals surface area contributed by atoms with Crippen molar-refractivity contribution in [2.75, 3.05) is 5.32 Å². The van der Waals surface area contributed by atoms with Crippen LogP contribution in [0.25, 0.3) is 10.1 Å². The average molecular weight is 272 g/mol. The molecule has 0 radical (unpaired) electrons. The summed E-state index contributed by atoms with van der Waals surface area (Å²) in [5.41, 5.74) is 0.721. The first kappa shape index (κ1) is 11.5. The van der Waals surface area contributed by atoms with E-state index < -0.39 is 4.92 Å². The van der Waals surface area contributed by atoms with Crippen molar-refractivity contribution in [2.45, 2.75) is 0 Å². The summed E-state index contributed by atoms with van der Waals surface area (Å²) in [6.07, 6.45) is 2.36. The maximum absolute atomic E-state index is 10.5. The molecule has 0 amide bonds. The molecule has 0 fully saturated rings. The third kappa shape index (κ3) is 2.36. The lowest BCUT2D eigenvalue weighted by molar-refractivity contribution is -0.385. The normalized spacial score (nSPS) is 10.5. The van der Waals surface area contributed by atoms with Crippen molar-refractivity contribution in [3.8, 4) is 0 Å². The fourth-order valence-corrected chi connectivity index (χ4v) is 2.42. The van der Waals surface area contributed by atoms with Crippen molar-refractivity contribution >= 4 is 38.7 Å². The van der Waals surface area contributed by atoms with Crippen LogP contribution in [0.1, 0.15) is 0 Å². The van der Waals surface area contributed by atoms with Crippen molar-refractivity contribution in [3.05, 3.63) is 52.2 Å². The van der Waals surface area contributed by atoms with Crippen LogP contribution in [0.2, 0.25) is 0 Å². The molecular formula is C12H8N4O2S. The van der Waals surface area contributed by atoms with E-state index in [2.05, 4.69) is 15.3 Å². The highest BCUT2D eigenvalue weighted by Gasteiger charge is 2.06. The molecule has 0 aliphatic rings. The molecule has 0 atom stereocenters. The van der Waals surface area contributed by atoms with Crippen LogP contribution in [0.3, 0.4) is 0 Å². The van der Waals surface area contributed by atoms with Crippen molar-refractivity contribution in [3.63, 3.8) is 0 Å². The molecule has 0 spiro atoms. The van der Waals surface area contributed by atoms with Crippen molar-refractivity contribution in [2.24, 2.45) is 0 Å². The molecule has 0 unspecified atom stereocenters. The van der Waals surface area contributed by atoms with Gasteiger partial charge < -0.3 is 5.32 Å². The standard InChI is InChI=1S/C12H8N4O2S/c17-16(18)10-6-13-12(14-7-10)15-9-1-2-11-8(5-9)3-4-19-11/h1-7H,(H,13,14,15). The van der Waals surface area contributed by atoms with Crippen LogP contribution >= 0.6 is 11.3 Å². The Morgan fingerprint density at radius 1 is 1.21 bits per heavy atom. The number of nitro groups is 1. The van der Waals surface area contributed by atoms with Gasteiger partial charge >= 0.3 is 5.69 Å². The van der Waals surface area contributed by atoms with E-state index in [9.17, 15) is 10.1 Å². The zero-order chi connectivity index (χ0) is 13.2. The quantitative estimate of drug-likeness (QED) is 0.584. The van der Waals surface area contributed by atoms with Gasteiger partial charge in [-0.1, -0.05) is 0 Å². The molecule has 0 saturated heterocycles. The van der Waals surface area contributed by atoms with Gasteiger partial charge in [-0.2, -0.15) is 0 Å². The molecule has 0 saturated carbocycles. The summed E-state index contributed by atoms with van der Waals surface area (Å²) in [6.45, 7) is 0. The first-order valence-electron chi connectivity index (χ1n) is 5.43. The van der Waals surface area contributed by atoms with E-state index in [1.165, 1.54) is 17.1 Å². The first-order chi connectivity index (χ1) is 9.22. The van der Waals surface area contributed by atoms with Crippen LogP contribution in [0.5, 0.6) is 0 Å². The number of aromatic nitrogens is 2. The SMILES string of the molecule is O=[N+]([O-])c1cnc(Nc2ccc3sccc3c2)nc1. The molecule has 0 aliphatic carbocycles. The smallest absolute Gasteiger partial charge is 0.305 e. The molecular weight excluding hydrogens is 264 g/mol. The van der Waals surface area contributed by atoms with E-state index in [-0.39, 0.29) is 5.69 Å². The molecule has 7 heteroatoms. The van der Waals surface area contributed by atoms with Gasteiger partial charge in [0.05, 0.1) is 4.92 Å². The number of fused-ring (bicyclic) bond motifs is 1. The minimum Gasteiger partial charge on any atom is -0.324 e. The number of thiophene rings is 1. The predicted molar refractivity (Wildman–Crippen MR) is 73.8 cm³/mol. The lowest BCUT2D eigenvalue weighted by Gasteiger charge is -2.03. The van der Waals surface area contributed by atoms with Crippen LogP contribution in [0.4, 0.5) is 17.3 Å². The second-order valence-corrected chi connectivity index (χ2v) is 4.77. The topological polar surface area (TPSA) is 81.0 Å². The van der Waals surface area contributed by atoms with Gasteiger partial charge in [-0.05, 0) is 35.0 Å². The predicted octanol–water partition coefficient (Wildman–Crippen LogP) is 3.34. The summed E-state index contributed by atoms with van der Waals surface area (Å²) in [6, 6.07) is 7.94. The summed E-state index contributed by atoms with van der Waals surface area (Å²) in [5, 5.41) is 16.7. The molecule has 3 rings (SSSR count). The number of anilines is 2. The van der Waals surface area contributed by atoms with Gasteiger partial charge in [0.25, 0.3) is 0 Å². The van der Waals surface area contributed by atoms with Crippen molar-refractivity contribution in [1.29, 1.82) is 0 Å². The summed E-state index contributed by atoms with van der Waals surface area (Å²) in [4.78, 5) is 17.8. The van der Waals surface area contributed by atoms with Crippen molar-refractivity contribution < 1.29 is 4.92 Å². The maximum Gasteiger partial charge on any atom is 0.305 e. The number of hydrogen-bond acceptors (Lipinski definition) is 6. The van der Waals surface area contributed by atoms with E-state index in [4.69, 9.17) is 0 Å². The fraction of sp³-hybridized carbons (Fsp3) is 0. The molecule has 1 aromatic carbocycles. The molecule has 1 N–H and O–H groups in total. The Morgan fingerprint density at radius 3 is 2.74 bits per heavy atom. The number of nitrogens with one attached hydrogen (secondary N) is 1. The fourth-order valence-electron chi connectivity index (χ4n) is 1.65. The minimum atomic E-state index is -0.527. The summed E-state index contributed by atoms with van der Waals surface area (Å²) in [7, 11) is 0. The molecule has 0 bridgehead atoms. The highest BCUT2D eigenvalue weighted by Crippen LogP contribution is 2.25. The Kier molecular flexibility index (Phi) is 2.81. The number of rotatable bonds is 3. The number of nitrogens with zero attached hydrogens (tertiary/aromatic N) is 3. The Bertz CT molecular complexity index is 739. The summed E-state index contributed by atoms with van der Waals surface area (Å²) in [5.74, 6) is 0.333. The Labute approximate surface area is 111 Å². The lowest BCUT2D eigenvalue weighted by Crippen LogP contribution is -1.98. The van der Waals surface area contributed by atoms with Gasteiger partial charge in [0.15, 0.2) is 0 Å². The lowest BCUT2D eigenvalue weighted by atomic mass is 10.2. The zero-order valence-electron chi connectivity index (χ0n) is 9.61. The van der Waals surface area contributed by atoms with Gasteiger partial charge in [-0.15, -0.1) is 11.3 Å². The van der Waals surface area contributed by atoms with Crippen LogP contribution in [0.15, 0.2) is 42.0 Å². The Morgan fingerprint density at radius 2 is 2.00 bits per heavy atom. The van der Waals surface area contributed by atoms with E-state index in [0.29, 0.717) is 5.95 Å². The third-order valence-electron chi connectivity index (χ3n) is 2.56. The first-order valence-corrected chi connectivity index (χ1v) is 6.31. The molecule has 19 heavy (non-hydrogen) atoms. The van der Waals surface area contributed by atoms with Gasteiger partial charge in [0.1, 0.15) is 12.4 Å². The third-order valence-corrected chi connectivity index (χ3v) is 3.46. The van der Waals surface area contributed by atoms with E-state index in [0.717, 1.165) is 11.1 Å². The highest BCUT2D eigenvalue weighted by atomic mass is 32.1. The van der Waals surface area contributed by atoms with Crippen LogP contribution in [-0.4, -0.2) is 14.9 Å². The highest BCUT2D eigenvalue weighted by molar-refractivity contribution is 7.17. The van der Waals surface area contributed by atoms with E-state index in [1.54, 1.807) is 11.3 Å². The molecule has 6 nitrogen and oxygen atoms in total. The largest absolute Gasteiger partial charge is 0.324 e. The number of benzene rings is 1. The summed E-state index contributed by atoms with van der Waals surface area (Å²) < 4.78 is 1.20. The maximum atomic E-state index is 10.5. The monoisotopic (exact) mass is 272 g/mol. The van der Waals surface area contributed by atoms with Crippen LogP contribution in [0, 0.1) is 10.1 Å². The molecule has 2 heterocycles. The minimum absolute atomic E-state index is 0.126. The zero-order valence-corrected chi connectivity index (χ0v) is 10.4. The molecule has 94 valence electrons. The van der Waals surface area contributed by atoms with Crippen LogP contribution in [-0.2, 0) is 0 Å². The van der Waals surface area contributed by atoms with Crippen molar-refractivity contribution in [1.82, 2.24) is 9.97 Å². The molecule has 2 aromatic heterocycles. The van der Waals surface area contributed by atoms with Crippen LogP contribution < -0.4 is 5.32 Å².